The second-order valence-electron chi connectivity index (χ2n) is 3.95. The Morgan fingerprint density at radius 2 is 2.05 bits per heavy atom. The van der Waals surface area contributed by atoms with E-state index in [1.807, 2.05) is 0 Å². The summed E-state index contributed by atoms with van der Waals surface area (Å²) in [7, 11) is -0.684. The van der Waals surface area contributed by atoms with Crippen LogP contribution >= 0.6 is 0 Å². The number of benzene rings is 1. The zero-order valence-electron chi connectivity index (χ0n) is 10.7. The maximum Gasteiger partial charge on any atom is 0.287 e. The fourth-order valence-electron chi connectivity index (χ4n) is 1.64. The molecular weight excluding hydrogens is 272 g/mol. The minimum Gasteiger partial charge on any atom is -0.383 e. The van der Waals surface area contributed by atoms with Gasteiger partial charge in [-0.1, -0.05) is 12.1 Å². The van der Waals surface area contributed by atoms with Crippen LogP contribution in [0, 0.1) is 10.1 Å². The van der Waals surface area contributed by atoms with Gasteiger partial charge in [0.25, 0.3) is 5.69 Å². The molecule has 0 radical (unpaired) electrons. The highest BCUT2D eigenvalue weighted by Crippen LogP contribution is 2.24. The Hall–Kier alpha value is -1.51. The lowest BCUT2D eigenvalue weighted by molar-refractivity contribution is -0.387. The first-order valence-corrected chi connectivity index (χ1v) is 7.20. The summed E-state index contributed by atoms with van der Waals surface area (Å²) < 4.78 is 29.3. The van der Waals surface area contributed by atoms with Crippen molar-refractivity contribution in [1.29, 1.82) is 0 Å². The van der Waals surface area contributed by atoms with Crippen LogP contribution in [0.2, 0.25) is 0 Å². The van der Waals surface area contributed by atoms with E-state index in [4.69, 9.17) is 4.74 Å². The van der Waals surface area contributed by atoms with Gasteiger partial charge in [-0.3, -0.25) is 10.1 Å². The quantitative estimate of drug-likeness (QED) is 0.583. The molecule has 0 aromatic heterocycles. The SMILES string of the molecule is CNC(COC)CS(=O)(=O)c1ccccc1[N+](=O)[O-]. The first-order valence-electron chi connectivity index (χ1n) is 5.54. The molecule has 1 N–H and O–H groups in total. The molecular formula is C11H16N2O5S. The van der Waals surface area contributed by atoms with Gasteiger partial charge in [0.05, 0.1) is 17.3 Å². The summed E-state index contributed by atoms with van der Waals surface area (Å²) in [6, 6.07) is 4.90. The Kier molecular flexibility index (Phi) is 5.40. The van der Waals surface area contributed by atoms with Gasteiger partial charge in [0.2, 0.25) is 0 Å². The molecule has 1 atom stereocenters. The van der Waals surface area contributed by atoms with Crippen LogP contribution in [0.3, 0.4) is 0 Å². The van der Waals surface area contributed by atoms with Gasteiger partial charge < -0.3 is 10.1 Å². The van der Waals surface area contributed by atoms with E-state index in [9.17, 15) is 18.5 Å². The third-order valence-corrected chi connectivity index (χ3v) is 4.45. The molecule has 0 aliphatic heterocycles. The summed E-state index contributed by atoms with van der Waals surface area (Å²) in [5.74, 6) is -0.262. The van der Waals surface area contributed by atoms with Gasteiger partial charge in [0, 0.05) is 19.2 Å². The average molecular weight is 288 g/mol. The number of nitrogens with one attached hydrogen (secondary N) is 1. The molecule has 0 spiro atoms. The van der Waals surface area contributed by atoms with Crippen LogP contribution in [-0.4, -0.2) is 45.9 Å². The van der Waals surface area contributed by atoms with Crippen molar-refractivity contribution >= 4 is 15.5 Å². The van der Waals surface area contributed by atoms with Gasteiger partial charge in [-0.25, -0.2) is 8.42 Å². The molecule has 0 saturated carbocycles. The second kappa shape index (κ2) is 6.60. The minimum atomic E-state index is -3.75. The zero-order chi connectivity index (χ0) is 14.5. The normalized spacial score (nSPS) is 13.2. The average Bonchev–Trinajstić information content (AvgIpc) is 2.38. The number of nitro groups is 1. The van der Waals surface area contributed by atoms with Crippen LogP contribution in [-0.2, 0) is 14.6 Å². The van der Waals surface area contributed by atoms with Crippen molar-refractivity contribution in [2.24, 2.45) is 0 Å². The summed E-state index contributed by atoms with van der Waals surface area (Å²) in [4.78, 5) is 9.89. The van der Waals surface area contributed by atoms with Gasteiger partial charge >= 0.3 is 0 Å². The van der Waals surface area contributed by atoms with E-state index in [0.717, 1.165) is 0 Å². The van der Waals surface area contributed by atoms with Crippen LogP contribution in [0.25, 0.3) is 0 Å². The molecule has 0 amide bonds. The topological polar surface area (TPSA) is 98.5 Å². The molecule has 1 unspecified atom stereocenters. The van der Waals surface area contributed by atoms with Crippen molar-refractivity contribution in [2.75, 3.05) is 26.5 Å². The molecule has 0 bridgehead atoms. The zero-order valence-corrected chi connectivity index (χ0v) is 11.5. The first kappa shape index (κ1) is 15.5. The number of hydrogen-bond donors (Lipinski definition) is 1. The Morgan fingerprint density at radius 1 is 1.42 bits per heavy atom. The Labute approximate surface area is 111 Å². The van der Waals surface area contributed by atoms with Gasteiger partial charge in [-0.05, 0) is 13.1 Å². The number of ether oxygens (including phenoxy) is 1. The monoisotopic (exact) mass is 288 g/mol. The van der Waals surface area contributed by atoms with E-state index in [2.05, 4.69) is 5.32 Å². The second-order valence-corrected chi connectivity index (χ2v) is 5.95. The standard InChI is InChI=1S/C11H16N2O5S/c1-12-9(7-18-2)8-19(16,17)11-6-4-3-5-10(11)13(14)15/h3-6,9,12H,7-8H2,1-2H3. The molecule has 0 fully saturated rings. The summed E-state index contributed by atoms with van der Waals surface area (Å²) in [5, 5.41) is 13.7. The molecule has 1 rings (SSSR count). The number of likely N-dealkylation sites (N-methyl/N-ethyl adjacent to an activating group) is 1. The highest BCUT2D eigenvalue weighted by molar-refractivity contribution is 7.91. The number of methoxy groups -OCH3 is 1. The molecule has 7 nitrogen and oxygen atoms in total. The predicted octanol–water partition coefficient (Wildman–Crippen LogP) is 0.603. The van der Waals surface area contributed by atoms with E-state index >= 15 is 0 Å². The van der Waals surface area contributed by atoms with Gasteiger partial charge in [0.1, 0.15) is 4.90 Å². The van der Waals surface area contributed by atoms with Gasteiger partial charge in [-0.2, -0.15) is 0 Å². The molecule has 0 heterocycles. The summed E-state index contributed by atoms with van der Waals surface area (Å²) in [5.41, 5.74) is -0.408. The van der Waals surface area contributed by atoms with E-state index in [-0.39, 0.29) is 17.3 Å². The summed E-state index contributed by atoms with van der Waals surface area (Å²) in [6.45, 7) is 0.205. The van der Waals surface area contributed by atoms with Crippen LogP contribution in [0.1, 0.15) is 0 Å². The van der Waals surface area contributed by atoms with E-state index < -0.39 is 26.5 Å². The molecule has 19 heavy (non-hydrogen) atoms. The molecule has 106 valence electrons. The lowest BCUT2D eigenvalue weighted by atomic mass is 10.3. The highest BCUT2D eigenvalue weighted by Gasteiger charge is 2.27. The van der Waals surface area contributed by atoms with Crippen molar-refractivity contribution < 1.29 is 18.1 Å². The summed E-state index contributed by atoms with van der Waals surface area (Å²) >= 11 is 0. The maximum atomic E-state index is 12.2. The maximum absolute atomic E-state index is 12.2. The van der Waals surface area contributed by atoms with Gasteiger partial charge in [-0.15, -0.1) is 0 Å². The number of para-hydroxylation sites is 1. The number of nitrogens with zero attached hydrogens (tertiary/aromatic N) is 1. The lowest BCUT2D eigenvalue weighted by Crippen LogP contribution is -2.37. The molecule has 1 aromatic carbocycles. The number of hydrogen-bond acceptors (Lipinski definition) is 6. The Morgan fingerprint density at radius 3 is 2.58 bits per heavy atom. The molecule has 8 heteroatoms. The van der Waals surface area contributed by atoms with Crippen LogP contribution in [0.4, 0.5) is 5.69 Å². The molecule has 1 aromatic rings. The number of sulfone groups is 1. The van der Waals surface area contributed by atoms with Crippen molar-refractivity contribution in [2.45, 2.75) is 10.9 Å². The lowest BCUT2D eigenvalue weighted by Gasteiger charge is -2.15. The van der Waals surface area contributed by atoms with E-state index in [0.29, 0.717) is 0 Å². The molecule has 0 saturated heterocycles. The Balaban J connectivity index is 3.10. The van der Waals surface area contributed by atoms with E-state index in [1.165, 1.54) is 31.4 Å². The molecule has 0 aliphatic carbocycles. The summed E-state index contributed by atoms with van der Waals surface area (Å²) in [6.07, 6.45) is 0. The first-order chi connectivity index (χ1) is 8.92. The van der Waals surface area contributed by atoms with Crippen LogP contribution in [0.15, 0.2) is 29.2 Å². The Bertz CT molecular complexity index is 544. The van der Waals surface area contributed by atoms with Crippen molar-refractivity contribution in [3.8, 4) is 0 Å². The fraction of sp³-hybridized carbons (Fsp3) is 0.455. The van der Waals surface area contributed by atoms with Crippen molar-refractivity contribution in [3.05, 3.63) is 34.4 Å². The third kappa shape index (κ3) is 3.98. The predicted molar refractivity (Wildman–Crippen MR) is 69.9 cm³/mol. The third-order valence-electron chi connectivity index (χ3n) is 2.59. The number of nitro benzene ring substituents is 1. The highest BCUT2D eigenvalue weighted by atomic mass is 32.2. The smallest absolute Gasteiger partial charge is 0.287 e. The van der Waals surface area contributed by atoms with Crippen LogP contribution in [0.5, 0.6) is 0 Å². The molecule has 0 aliphatic rings. The van der Waals surface area contributed by atoms with E-state index in [1.54, 1.807) is 7.05 Å². The minimum absolute atomic E-state index is 0.205. The largest absolute Gasteiger partial charge is 0.383 e. The fourth-order valence-corrected chi connectivity index (χ4v) is 3.36. The van der Waals surface area contributed by atoms with Crippen molar-refractivity contribution in [3.63, 3.8) is 0 Å². The number of rotatable bonds is 7. The van der Waals surface area contributed by atoms with Crippen LogP contribution < -0.4 is 5.32 Å². The van der Waals surface area contributed by atoms with Crippen molar-refractivity contribution in [1.82, 2.24) is 5.32 Å². The van der Waals surface area contributed by atoms with Gasteiger partial charge in [0.15, 0.2) is 9.84 Å².